The number of nitrogens with zero attached hydrogens (tertiary/aromatic N) is 1. The molecule has 2 aromatic rings. The quantitative estimate of drug-likeness (QED) is 0.773. The maximum atomic E-state index is 12.5. The summed E-state index contributed by atoms with van der Waals surface area (Å²) in [4.78, 5) is 26.2. The molecule has 2 aromatic carbocycles. The van der Waals surface area contributed by atoms with Crippen LogP contribution in [0.4, 0.5) is 5.69 Å². The lowest BCUT2D eigenvalue weighted by Gasteiger charge is -2.24. The van der Waals surface area contributed by atoms with Crippen molar-refractivity contribution in [2.24, 2.45) is 0 Å². The van der Waals surface area contributed by atoms with Gasteiger partial charge in [0.15, 0.2) is 0 Å². The van der Waals surface area contributed by atoms with E-state index in [0.29, 0.717) is 13.1 Å². The molecule has 2 rings (SSSR count). The summed E-state index contributed by atoms with van der Waals surface area (Å²) >= 11 is 0. The molecule has 0 atom stereocenters. The second kappa shape index (κ2) is 9.40. The molecule has 1 N–H and O–H groups in total. The number of carbonyl (C=O) groups is 2. The Labute approximate surface area is 167 Å². The molecule has 28 heavy (non-hydrogen) atoms. The fourth-order valence-corrected chi connectivity index (χ4v) is 3.08. The molecule has 0 spiro atoms. The van der Waals surface area contributed by atoms with Gasteiger partial charge in [0.1, 0.15) is 5.75 Å². The number of ether oxygens (including phenoxy) is 1. The first-order valence-electron chi connectivity index (χ1n) is 9.49. The Hall–Kier alpha value is -2.82. The highest BCUT2D eigenvalue weighted by Gasteiger charge is 2.19. The Bertz CT molecular complexity index is 825. The van der Waals surface area contributed by atoms with Crippen LogP contribution in [-0.4, -0.2) is 30.4 Å². The van der Waals surface area contributed by atoms with E-state index in [1.54, 1.807) is 12.0 Å². The minimum absolute atomic E-state index is 0.0703. The lowest BCUT2D eigenvalue weighted by molar-refractivity contribution is -0.129. The second-order valence-electron chi connectivity index (χ2n) is 7.85. The number of rotatable bonds is 7. The Morgan fingerprint density at radius 3 is 2.32 bits per heavy atom. The molecule has 5 nitrogen and oxygen atoms in total. The Morgan fingerprint density at radius 2 is 1.68 bits per heavy atom. The summed E-state index contributed by atoms with van der Waals surface area (Å²) in [5.74, 6) is 0.550. The van der Waals surface area contributed by atoms with Crippen molar-refractivity contribution >= 4 is 17.5 Å². The van der Waals surface area contributed by atoms with Gasteiger partial charge in [-0.3, -0.25) is 9.59 Å². The van der Waals surface area contributed by atoms with Crippen LogP contribution in [0.3, 0.4) is 0 Å². The molecular formula is C23H30N2O3. The van der Waals surface area contributed by atoms with Crippen molar-refractivity contribution in [3.63, 3.8) is 0 Å². The van der Waals surface area contributed by atoms with Crippen LogP contribution >= 0.6 is 0 Å². The monoisotopic (exact) mass is 382 g/mol. The first-order chi connectivity index (χ1) is 13.2. The topological polar surface area (TPSA) is 58.6 Å². The smallest absolute Gasteiger partial charge is 0.226 e. The molecule has 0 aromatic heterocycles. The molecule has 0 aliphatic carbocycles. The number of benzene rings is 2. The molecule has 0 heterocycles. The van der Waals surface area contributed by atoms with E-state index in [1.807, 2.05) is 48.5 Å². The van der Waals surface area contributed by atoms with Crippen molar-refractivity contribution in [2.75, 3.05) is 19.0 Å². The summed E-state index contributed by atoms with van der Waals surface area (Å²) in [6.07, 6.45) is 0.229. The van der Waals surface area contributed by atoms with E-state index in [9.17, 15) is 9.59 Å². The highest BCUT2D eigenvalue weighted by atomic mass is 16.5. The first-order valence-corrected chi connectivity index (χ1v) is 9.49. The van der Waals surface area contributed by atoms with Crippen LogP contribution in [0.2, 0.25) is 0 Å². The SMILES string of the molecule is COc1ccccc1CN(CCC(=O)Nc1ccccc1C(C)(C)C)C(C)=O. The lowest BCUT2D eigenvalue weighted by Crippen LogP contribution is -2.32. The third-order valence-electron chi connectivity index (χ3n) is 4.62. The summed E-state index contributed by atoms with van der Waals surface area (Å²) in [7, 11) is 1.61. The lowest BCUT2D eigenvalue weighted by atomic mass is 9.86. The highest BCUT2D eigenvalue weighted by molar-refractivity contribution is 5.92. The van der Waals surface area contributed by atoms with E-state index in [-0.39, 0.29) is 23.7 Å². The molecule has 0 saturated carbocycles. The maximum absolute atomic E-state index is 12.5. The predicted molar refractivity (Wildman–Crippen MR) is 112 cm³/mol. The zero-order valence-corrected chi connectivity index (χ0v) is 17.4. The van der Waals surface area contributed by atoms with Crippen molar-refractivity contribution in [3.05, 3.63) is 59.7 Å². The zero-order valence-electron chi connectivity index (χ0n) is 17.4. The fraction of sp³-hybridized carbons (Fsp3) is 0.391. The number of anilines is 1. The van der Waals surface area contributed by atoms with Gasteiger partial charge in [-0.25, -0.2) is 0 Å². The molecule has 0 aliphatic rings. The molecule has 0 radical (unpaired) electrons. The standard InChI is InChI=1S/C23H30N2O3/c1-17(26)25(16-18-10-6-9-13-21(18)28-5)15-14-22(27)24-20-12-8-7-11-19(20)23(2,3)4/h6-13H,14-16H2,1-5H3,(H,24,27). The Balaban J connectivity index is 2.03. The van der Waals surface area contributed by atoms with Crippen LogP contribution in [-0.2, 0) is 21.5 Å². The highest BCUT2D eigenvalue weighted by Crippen LogP contribution is 2.29. The number of methoxy groups -OCH3 is 1. The molecule has 150 valence electrons. The van der Waals surface area contributed by atoms with Gasteiger partial charge in [-0.1, -0.05) is 57.2 Å². The van der Waals surface area contributed by atoms with E-state index >= 15 is 0 Å². The number of hydrogen-bond donors (Lipinski definition) is 1. The summed E-state index contributed by atoms with van der Waals surface area (Å²) in [5.41, 5.74) is 2.75. The van der Waals surface area contributed by atoms with Gasteiger partial charge in [-0.15, -0.1) is 0 Å². The van der Waals surface area contributed by atoms with E-state index in [4.69, 9.17) is 4.74 Å². The zero-order chi connectivity index (χ0) is 20.7. The molecule has 0 saturated heterocycles. The van der Waals surface area contributed by atoms with Crippen molar-refractivity contribution in [1.82, 2.24) is 4.90 Å². The molecule has 2 amide bonds. The van der Waals surface area contributed by atoms with E-state index in [1.165, 1.54) is 6.92 Å². The Kier molecular flexibility index (Phi) is 7.21. The predicted octanol–water partition coefficient (Wildman–Crippen LogP) is 4.37. The molecule has 0 aliphatic heterocycles. The Morgan fingerprint density at radius 1 is 1.04 bits per heavy atom. The number of amides is 2. The van der Waals surface area contributed by atoms with Crippen LogP contribution < -0.4 is 10.1 Å². The van der Waals surface area contributed by atoms with Gasteiger partial charge in [0.25, 0.3) is 0 Å². The number of hydrogen-bond acceptors (Lipinski definition) is 3. The number of para-hydroxylation sites is 2. The summed E-state index contributed by atoms with van der Waals surface area (Å²) in [5, 5.41) is 3.00. The summed E-state index contributed by atoms with van der Waals surface area (Å²) < 4.78 is 5.36. The number of nitrogens with one attached hydrogen (secondary N) is 1. The van der Waals surface area contributed by atoms with Gasteiger partial charge in [0.2, 0.25) is 11.8 Å². The first kappa shape index (κ1) is 21.5. The molecule has 0 fully saturated rings. The average Bonchev–Trinajstić information content (AvgIpc) is 2.64. The van der Waals surface area contributed by atoms with Crippen molar-refractivity contribution in [3.8, 4) is 5.75 Å². The van der Waals surface area contributed by atoms with Gasteiger partial charge in [-0.05, 0) is 23.1 Å². The average molecular weight is 383 g/mol. The third kappa shape index (κ3) is 5.84. The van der Waals surface area contributed by atoms with Crippen LogP contribution in [0.5, 0.6) is 5.75 Å². The normalized spacial score (nSPS) is 11.0. The van der Waals surface area contributed by atoms with Crippen LogP contribution in [0.25, 0.3) is 0 Å². The van der Waals surface area contributed by atoms with Crippen molar-refractivity contribution in [1.29, 1.82) is 0 Å². The van der Waals surface area contributed by atoms with Gasteiger partial charge >= 0.3 is 0 Å². The van der Waals surface area contributed by atoms with Gasteiger partial charge < -0.3 is 15.0 Å². The third-order valence-corrected chi connectivity index (χ3v) is 4.62. The van der Waals surface area contributed by atoms with Gasteiger partial charge in [0.05, 0.1) is 7.11 Å². The van der Waals surface area contributed by atoms with Crippen molar-refractivity contribution < 1.29 is 14.3 Å². The fourth-order valence-electron chi connectivity index (χ4n) is 3.08. The second-order valence-corrected chi connectivity index (χ2v) is 7.85. The van der Waals surface area contributed by atoms with Crippen molar-refractivity contribution in [2.45, 2.75) is 46.1 Å². The molecular weight excluding hydrogens is 352 g/mol. The number of carbonyl (C=O) groups excluding carboxylic acids is 2. The van der Waals surface area contributed by atoms with E-state index < -0.39 is 0 Å². The van der Waals surface area contributed by atoms with Gasteiger partial charge in [0, 0.05) is 37.7 Å². The largest absolute Gasteiger partial charge is 0.496 e. The van der Waals surface area contributed by atoms with E-state index in [2.05, 4.69) is 26.1 Å². The van der Waals surface area contributed by atoms with Crippen LogP contribution in [0.15, 0.2) is 48.5 Å². The van der Waals surface area contributed by atoms with Crippen LogP contribution in [0, 0.1) is 0 Å². The van der Waals surface area contributed by atoms with Gasteiger partial charge in [-0.2, -0.15) is 0 Å². The molecule has 5 heteroatoms. The minimum atomic E-state index is -0.108. The molecule has 0 unspecified atom stereocenters. The maximum Gasteiger partial charge on any atom is 0.226 e. The molecule has 0 bridgehead atoms. The summed E-state index contributed by atoms with van der Waals surface area (Å²) in [6.45, 7) is 8.61. The minimum Gasteiger partial charge on any atom is -0.496 e. The van der Waals surface area contributed by atoms with E-state index in [0.717, 1.165) is 22.6 Å². The van der Waals surface area contributed by atoms with Crippen LogP contribution in [0.1, 0.15) is 45.2 Å². The summed E-state index contributed by atoms with van der Waals surface area (Å²) in [6, 6.07) is 15.4.